The average Bonchev–Trinajstić information content (AvgIpc) is 2.52. The minimum Gasteiger partial charge on any atom is -0.384 e. The summed E-state index contributed by atoms with van der Waals surface area (Å²) in [5.74, 6) is -0.261. The lowest BCUT2D eigenvalue weighted by Crippen LogP contribution is -2.41. The number of nitrogens with zero attached hydrogens (tertiary/aromatic N) is 1. The molecule has 2 N–H and O–H groups in total. The van der Waals surface area contributed by atoms with Gasteiger partial charge in [0.2, 0.25) is 5.91 Å². The summed E-state index contributed by atoms with van der Waals surface area (Å²) in [5.41, 5.74) is 0. The molecule has 0 aromatic carbocycles. The van der Waals surface area contributed by atoms with Gasteiger partial charge in [-0.15, -0.1) is 0 Å². The Hall–Kier alpha value is -0.610. The summed E-state index contributed by atoms with van der Waals surface area (Å²) < 4.78 is 0. The third kappa shape index (κ3) is 2.97. The van der Waals surface area contributed by atoms with Crippen LogP contribution in [0.3, 0.4) is 0 Å². The Kier molecular flexibility index (Phi) is 3.69. The van der Waals surface area contributed by atoms with Crippen molar-refractivity contribution >= 4 is 5.91 Å². The molecule has 76 valence electrons. The number of aliphatic hydroxyl groups excluding tert-OH is 1. The second kappa shape index (κ2) is 4.58. The van der Waals surface area contributed by atoms with E-state index in [1.807, 2.05) is 0 Å². The molecule has 13 heavy (non-hydrogen) atoms. The van der Waals surface area contributed by atoms with Crippen LogP contribution in [0, 0.1) is 0 Å². The van der Waals surface area contributed by atoms with Crippen molar-refractivity contribution in [3.63, 3.8) is 0 Å². The van der Waals surface area contributed by atoms with E-state index in [0.29, 0.717) is 0 Å². The number of likely N-dealkylation sites (tertiary alicyclic amines) is 1. The van der Waals surface area contributed by atoms with E-state index in [-0.39, 0.29) is 11.9 Å². The summed E-state index contributed by atoms with van der Waals surface area (Å²) >= 11 is 0. The molecule has 1 saturated heterocycles. The molecule has 1 unspecified atom stereocenters. The zero-order valence-electron chi connectivity index (χ0n) is 8.29. The Morgan fingerprint density at radius 3 is 2.92 bits per heavy atom. The number of hydrogen-bond donors (Lipinski definition) is 2. The molecule has 1 heterocycles. The van der Waals surface area contributed by atoms with E-state index in [9.17, 15) is 4.79 Å². The first-order valence-corrected chi connectivity index (χ1v) is 4.84. The van der Waals surface area contributed by atoms with Gasteiger partial charge in [-0.25, -0.2) is 0 Å². The highest BCUT2D eigenvalue weighted by Crippen LogP contribution is 2.08. The third-order valence-corrected chi connectivity index (χ3v) is 2.45. The standard InChI is InChI=1S/C9H18N2O2/c1-3-11-5-4-8(6-11)10-9(13)7(2)12/h7-8,12H,3-6H2,1-2H3,(H,10,13)/t7-,8?/m0/s1. The van der Waals surface area contributed by atoms with Crippen LogP contribution in [-0.4, -0.2) is 47.7 Å². The Balaban J connectivity index is 2.28. The smallest absolute Gasteiger partial charge is 0.248 e. The van der Waals surface area contributed by atoms with Crippen LogP contribution < -0.4 is 5.32 Å². The van der Waals surface area contributed by atoms with E-state index in [2.05, 4.69) is 17.1 Å². The molecule has 0 aromatic heterocycles. The first-order valence-electron chi connectivity index (χ1n) is 4.84. The van der Waals surface area contributed by atoms with Crippen LogP contribution >= 0.6 is 0 Å². The molecule has 1 amide bonds. The van der Waals surface area contributed by atoms with Gasteiger partial charge in [0.05, 0.1) is 0 Å². The van der Waals surface area contributed by atoms with Crippen LogP contribution in [0.1, 0.15) is 20.3 Å². The van der Waals surface area contributed by atoms with Gasteiger partial charge >= 0.3 is 0 Å². The summed E-state index contributed by atoms with van der Waals surface area (Å²) in [4.78, 5) is 13.4. The molecule has 4 nitrogen and oxygen atoms in total. The fourth-order valence-corrected chi connectivity index (χ4v) is 1.56. The van der Waals surface area contributed by atoms with Crippen LogP contribution in [0.4, 0.5) is 0 Å². The Morgan fingerprint density at radius 1 is 1.77 bits per heavy atom. The quantitative estimate of drug-likeness (QED) is 0.629. The largest absolute Gasteiger partial charge is 0.384 e. The minimum atomic E-state index is -0.893. The maximum Gasteiger partial charge on any atom is 0.248 e. The van der Waals surface area contributed by atoms with Gasteiger partial charge in [-0.05, 0) is 19.9 Å². The fraction of sp³-hybridized carbons (Fsp3) is 0.889. The van der Waals surface area contributed by atoms with Gasteiger partial charge in [-0.1, -0.05) is 6.92 Å². The molecule has 0 bridgehead atoms. The van der Waals surface area contributed by atoms with Gasteiger partial charge in [-0.2, -0.15) is 0 Å². The molecule has 0 aromatic rings. The molecule has 1 rings (SSSR count). The molecular formula is C9H18N2O2. The molecule has 0 spiro atoms. The first kappa shape index (κ1) is 10.5. The molecule has 4 heteroatoms. The van der Waals surface area contributed by atoms with Crippen LogP contribution in [0.25, 0.3) is 0 Å². The normalized spacial score (nSPS) is 25.9. The molecule has 0 aliphatic carbocycles. The Labute approximate surface area is 78.9 Å². The highest BCUT2D eigenvalue weighted by atomic mass is 16.3. The van der Waals surface area contributed by atoms with E-state index >= 15 is 0 Å². The van der Waals surface area contributed by atoms with Crippen molar-refractivity contribution in [2.45, 2.75) is 32.4 Å². The number of rotatable bonds is 3. The van der Waals surface area contributed by atoms with E-state index in [4.69, 9.17) is 5.11 Å². The van der Waals surface area contributed by atoms with E-state index in [0.717, 1.165) is 26.1 Å². The van der Waals surface area contributed by atoms with Crippen molar-refractivity contribution in [3.05, 3.63) is 0 Å². The van der Waals surface area contributed by atoms with Crippen LogP contribution in [0.2, 0.25) is 0 Å². The van der Waals surface area contributed by atoms with Gasteiger partial charge in [0, 0.05) is 19.1 Å². The lowest BCUT2D eigenvalue weighted by Gasteiger charge is -2.15. The predicted octanol–water partition coefficient (Wildman–Crippen LogP) is -0.422. The topological polar surface area (TPSA) is 52.6 Å². The maximum atomic E-state index is 11.1. The first-order chi connectivity index (χ1) is 6.13. The van der Waals surface area contributed by atoms with Crippen molar-refractivity contribution in [1.29, 1.82) is 0 Å². The lowest BCUT2D eigenvalue weighted by atomic mass is 10.2. The summed E-state index contributed by atoms with van der Waals surface area (Å²) in [6.07, 6.45) is 0.0995. The predicted molar refractivity (Wildman–Crippen MR) is 50.3 cm³/mol. The molecule has 1 fully saturated rings. The highest BCUT2D eigenvalue weighted by Gasteiger charge is 2.23. The van der Waals surface area contributed by atoms with Crippen molar-refractivity contribution in [1.82, 2.24) is 10.2 Å². The number of carbonyl (C=O) groups excluding carboxylic acids is 1. The minimum absolute atomic E-state index is 0.224. The lowest BCUT2D eigenvalue weighted by molar-refractivity contribution is -0.129. The summed E-state index contributed by atoms with van der Waals surface area (Å²) in [7, 11) is 0. The summed E-state index contributed by atoms with van der Waals surface area (Å²) in [5, 5.41) is 11.8. The van der Waals surface area contributed by atoms with Gasteiger partial charge in [-0.3, -0.25) is 4.79 Å². The van der Waals surface area contributed by atoms with Crippen LogP contribution in [0.5, 0.6) is 0 Å². The Morgan fingerprint density at radius 2 is 2.46 bits per heavy atom. The maximum absolute atomic E-state index is 11.1. The van der Waals surface area contributed by atoms with Crippen LogP contribution in [-0.2, 0) is 4.79 Å². The van der Waals surface area contributed by atoms with Gasteiger partial charge in [0.1, 0.15) is 6.10 Å². The number of amides is 1. The second-order valence-electron chi connectivity index (χ2n) is 3.56. The van der Waals surface area contributed by atoms with E-state index in [1.54, 1.807) is 0 Å². The molecule has 0 radical (unpaired) electrons. The number of nitrogens with one attached hydrogen (secondary N) is 1. The zero-order chi connectivity index (χ0) is 9.84. The number of carbonyl (C=O) groups is 1. The highest BCUT2D eigenvalue weighted by molar-refractivity contribution is 5.80. The molecule has 1 aliphatic rings. The number of hydrogen-bond acceptors (Lipinski definition) is 3. The fourth-order valence-electron chi connectivity index (χ4n) is 1.56. The molecule has 0 saturated carbocycles. The average molecular weight is 186 g/mol. The Bertz CT molecular complexity index is 182. The van der Waals surface area contributed by atoms with Gasteiger partial charge < -0.3 is 15.3 Å². The monoisotopic (exact) mass is 186 g/mol. The number of likely N-dealkylation sites (N-methyl/N-ethyl adjacent to an activating group) is 1. The number of aliphatic hydroxyl groups is 1. The molecule has 1 aliphatic heterocycles. The zero-order valence-corrected chi connectivity index (χ0v) is 8.29. The van der Waals surface area contributed by atoms with Crippen molar-refractivity contribution in [2.24, 2.45) is 0 Å². The van der Waals surface area contributed by atoms with Crippen molar-refractivity contribution in [2.75, 3.05) is 19.6 Å². The van der Waals surface area contributed by atoms with Gasteiger partial charge in [0.25, 0.3) is 0 Å². The van der Waals surface area contributed by atoms with Gasteiger partial charge in [0.15, 0.2) is 0 Å². The van der Waals surface area contributed by atoms with Crippen molar-refractivity contribution in [3.8, 4) is 0 Å². The van der Waals surface area contributed by atoms with Crippen molar-refractivity contribution < 1.29 is 9.90 Å². The summed E-state index contributed by atoms with van der Waals surface area (Å²) in [6.45, 7) is 6.58. The SMILES string of the molecule is CCN1CCC(NC(=O)[C@H](C)O)C1. The van der Waals surface area contributed by atoms with Crippen LogP contribution in [0.15, 0.2) is 0 Å². The second-order valence-corrected chi connectivity index (χ2v) is 3.56. The molecule has 2 atom stereocenters. The van der Waals surface area contributed by atoms with E-state index in [1.165, 1.54) is 6.92 Å². The van der Waals surface area contributed by atoms with E-state index < -0.39 is 6.10 Å². The molecular weight excluding hydrogens is 168 g/mol. The summed E-state index contributed by atoms with van der Waals surface area (Å²) in [6, 6.07) is 0.224. The third-order valence-electron chi connectivity index (χ3n) is 2.45.